The quantitative estimate of drug-likeness (QED) is 0.721. The summed E-state index contributed by atoms with van der Waals surface area (Å²) in [5.41, 5.74) is 1.98. The van der Waals surface area contributed by atoms with E-state index in [0.29, 0.717) is 0 Å². The molecule has 1 aromatic heterocycles. The Morgan fingerprint density at radius 2 is 2.19 bits per heavy atom. The third-order valence-corrected chi connectivity index (χ3v) is 2.27. The van der Waals surface area contributed by atoms with Crippen LogP contribution in [0.25, 0.3) is 0 Å². The predicted octanol–water partition coefficient (Wildman–Crippen LogP) is 2.78. The van der Waals surface area contributed by atoms with Crippen LogP contribution in [-0.4, -0.2) is 17.9 Å². The minimum Gasteiger partial charge on any atom is -0.497 e. The van der Waals surface area contributed by atoms with Crippen molar-refractivity contribution in [2.45, 2.75) is 0 Å². The van der Waals surface area contributed by atoms with Crippen molar-refractivity contribution in [2.24, 2.45) is 12.0 Å². The average Bonchev–Trinajstić information content (AvgIpc) is 2.73. The molecule has 0 amide bonds. The maximum absolute atomic E-state index is 5.13. The number of rotatable bonds is 3. The fraction of sp³-hybridized carbons (Fsp3) is 0.154. The fourth-order valence-electron chi connectivity index (χ4n) is 1.44. The molecule has 0 saturated heterocycles. The number of methoxy groups -OCH3 is 1. The number of aliphatic imine (C=N–C) groups is 1. The zero-order valence-electron chi connectivity index (χ0n) is 9.42. The minimum atomic E-state index is 0.822. The van der Waals surface area contributed by atoms with Crippen molar-refractivity contribution >= 4 is 11.9 Å². The van der Waals surface area contributed by atoms with Crippen LogP contribution in [0, 0.1) is 0 Å². The van der Waals surface area contributed by atoms with Gasteiger partial charge in [-0.2, -0.15) is 0 Å². The molecule has 0 spiro atoms. The molecule has 0 aliphatic heterocycles. The molecule has 0 bridgehead atoms. The number of aromatic nitrogens is 1. The molecular formula is C13H14N2O. The molecule has 16 heavy (non-hydrogen) atoms. The Labute approximate surface area is 95.0 Å². The van der Waals surface area contributed by atoms with Gasteiger partial charge in [-0.15, -0.1) is 0 Å². The van der Waals surface area contributed by atoms with E-state index in [2.05, 4.69) is 4.99 Å². The second kappa shape index (κ2) is 4.66. The molecule has 0 aliphatic carbocycles. The molecule has 0 radical (unpaired) electrons. The Morgan fingerprint density at radius 1 is 1.31 bits per heavy atom. The van der Waals surface area contributed by atoms with E-state index in [1.165, 1.54) is 0 Å². The smallest absolute Gasteiger partial charge is 0.121 e. The standard InChI is InChI=1S/C13H14N2O/c1-15-7-6-11(10-15)9-14-12-4-3-5-13(8-12)16-2/h3-10H,1-2H3. The lowest BCUT2D eigenvalue weighted by molar-refractivity contribution is 0.415. The number of hydrogen-bond donors (Lipinski definition) is 0. The summed E-state index contributed by atoms with van der Waals surface area (Å²) in [4.78, 5) is 4.38. The summed E-state index contributed by atoms with van der Waals surface area (Å²) < 4.78 is 7.13. The van der Waals surface area contributed by atoms with Crippen LogP contribution >= 0.6 is 0 Å². The monoisotopic (exact) mass is 214 g/mol. The first-order valence-electron chi connectivity index (χ1n) is 5.08. The van der Waals surface area contributed by atoms with Crippen LogP contribution in [0.15, 0.2) is 47.7 Å². The van der Waals surface area contributed by atoms with Crippen molar-refractivity contribution < 1.29 is 4.74 Å². The van der Waals surface area contributed by atoms with E-state index in [0.717, 1.165) is 17.0 Å². The van der Waals surface area contributed by atoms with E-state index >= 15 is 0 Å². The highest BCUT2D eigenvalue weighted by Crippen LogP contribution is 2.19. The number of ether oxygens (including phenoxy) is 1. The van der Waals surface area contributed by atoms with Crippen molar-refractivity contribution in [3.05, 3.63) is 48.3 Å². The molecule has 2 rings (SSSR count). The lowest BCUT2D eigenvalue weighted by Crippen LogP contribution is -1.81. The highest BCUT2D eigenvalue weighted by molar-refractivity contribution is 5.81. The van der Waals surface area contributed by atoms with E-state index in [1.807, 2.05) is 60.6 Å². The van der Waals surface area contributed by atoms with E-state index in [1.54, 1.807) is 7.11 Å². The van der Waals surface area contributed by atoms with E-state index in [9.17, 15) is 0 Å². The van der Waals surface area contributed by atoms with Gasteiger partial charge in [0.25, 0.3) is 0 Å². The van der Waals surface area contributed by atoms with Gasteiger partial charge in [-0.05, 0) is 18.2 Å². The average molecular weight is 214 g/mol. The summed E-state index contributed by atoms with van der Waals surface area (Å²) in [6.45, 7) is 0. The highest BCUT2D eigenvalue weighted by atomic mass is 16.5. The molecule has 1 aromatic carbocycles. The summed E-state index contributed by atoms with van der Waals surface area (Å²) in [5, 5.41) is 0. The van der Waals surface area contributed by atoms with Crippen LogP contribution < -0.4 is 4.74 Å². The van der Waals surface area contributed by atoms with Crippen LogP contribution in [0.3, 0.4) is 0 Å². The zero-order chi connectivity index (χ0) is 11.4. The van der Waals surface area contributed by atoms with E-state index < -0.39 is 0 Å². The zero-order valence-corrected chi connectivity index (χ0v) is 9.42. The van der Waals surface area contributed by atoms with E-state index in [-0.39, 0.29) is 0 Å². The molecule has 0 aliphatic rings. The summed E-state index contributed by atoms with van der Waals surface area (Å²) in [7, 11) is 3.64. The van der Waals surface area contributed by atoms with E-state index in [4.69, 9.17) is 4.74 Å². The van der Waals surface area contributed by atoms with Crippen LogP contribution in [0.5, 0.6) is 5.75 Å². The Bertz CT molecular complexity index is 500. The Hall–Kier alpha value is -2.03. The molecule has 0 fully saturated rings. The normalized spacial score (nSPS) is 10.9. The Balaban J connectivity index is 2.16. The van der Waals surface area contributed by atoms with Crippen LogP contribution in [-0.2, 0) is 7.05 Å². The first-order chi connectivity index (χ1) is 7.78. The third kappa shape index (κ3) is 2.51. The van der Waals surface area contributed by atoms with Gasteiger partial charge >= 0.3 is 0 Å². The van der Waals surface area contributed by atoms with Gasteiger partial charge in [-0.25, -0.2) is 0 Å². The molecule has 0 N–H and O–H groups in total. The summed E-state index contributed by atoms with van der Waals surface area (Å²) in [5.74, 6) is 0.822. The molecule has 0 unspecified atom stereocenters. The molecule has 2 aromatic rings. The predicted molar refractivity (Wildman–Crippen MR) is 65.7 cm³/mol. The van der Waals surface area contributed by atoms with Crippen LogP contribution in [0.2, 0.25) is 0 Å². The summed E-state index contributed by atoms with van der Waals surface area (Å²) in [6, 6.07) is 9.70. The fourth-order valence-corrected chi connectivity index (χ4v) is 1.44. The van der Waals surface area contributed by atoms with Gasteiger partial charge in [-0.3, -0.25) is 4.99 Å². The Morgan fingerprint density at radius 3 is 2.88 bits per heavy atom. The largest absolute Gasteiger partial charge is 0.497 e. The van der Waals surface area contributed by atoms with Gasteiger partial charge in [0.05, 0.1) is 12.8 Å². The SMILES string of the molecule is COc1cccc(N=Cc2ccn(C)c2)c1. The lowest BCUT2D eigenvalue weighted by Gasteiger charge is -1.99. The third-order valence-electron chi connectivity index (χ3n) is 2.27. The second-order valence-corrected chi connectivity index (χ2v) is 3.57. The number of benzene rings is 1. The molecule has 0 atom stereocenters. The second-order valence-electron chi connectivity index (χ2n) is 3.57. The maximum Gasteiger partial charge on any atom is 0.121 e. The lowest BCUT2D eigenvalue weighted by atomic mass is 10.3. The first-order valence-corrected chi connectivity index (χ1v) is 5.08. The van der Waals surface area contributed by atoms with Gasteiger partial charge < -0.3 is 9.30 Å². The van der Waals surface area contributed by atoms with Gasteiger partial charge in [0, 0.05) is 37.3 Å². The molecule has 0 saturated carbocycles. The molecule has 3 heteroatoms. The summed E-state index contributed by atoms with van der Waals surface area (Å²) in [6.07, 6.45) is 5.85. The van der Waals surface area contributed by atoms with Gasteiger partial charge in [0.1, 0.15) is 5.75 Å². The highest BCUT2D eigenvalue weighted by Gasteiger charge is 1.93. The molecular weight excluding hydrogens is 200 g/mol. The molecule has 82 valence electrons. The van der Waals surface area contributed by atoms with Gasteiger partial charge in [0.15, 0.2) is 0 Å². The van der Waals surface area contributed by atoms with Crippen molar-refractivity contribution in [3.63, 3.8) is 0 Å². The first kappa shape index (κ1) is 10.5. The topological polar surface area (TPSA) is 26.5 Å². The number of aryl methyl sites for hydroxylation is 1. The van der Waals surface area contributed by atoms with Crippen molar-refractivity contribution in [1.29, 1.82) is 0 Å². The maximum atomic E-state index is 5.13. The van der Waals surface area contributed by atoms with Crippen LogP contribution in [0.4, 0.5) is 5.69 Å². The number of nitrogens with zero attached hydrogens (tertiary/aromatic N) is 2. The van der Waals surface area contributed by atoms with Gasteiger partial charge in [0.2, 0.25) is 0 Å². The molecule has 3 nitrogen and oxygen atoms in total. The van der Waals surface area contributed by atoms with Gasteiger partial charge in [-0.1, -0.05) is 6.07 Å². The Kier molecular flexibility index (Phi) is 3.05. The molecule has 1 heterocycles. The van der Waals surface area contributed by atoms with Crippen molar-refractivity contribution in [3.8, 4) is 5.75 Å². The summed E-state index contributed by atoms with van der Waals surface area (Å²) >= 11 is 0. The van der Waals surface area contributed by atoms with Crippen molar-refractivity contribution in [1.82, 2.24) is 4.57 Å². The minimum absolute atomic E-state index is 0.822. The van der Waals surface area contributed by atoms with Crippen LogP contribution in [0.1, 0.15) is 5.56 Å². The van der Waals surface area contributed by atoms with Crippen molar-refractivity contribution in [2.75, 3.05) is 7.11 Å². The number of hydrogen-bond acceptors (Lipinski definition) is 2.